The van der Waals surface area contributed by atoms with Crippen molar-refractivity contribution >= 4 is 0 Å². The highest BCUT2D eigenvalue weighted by molar-refractivity contribution is 5.01. The summed E-state index contributed by atoms with van der Waals surface area (Å²) < 4.78 is 28.7. The zero-order chi connectivity index (χ0) is 11.6. The van der Waals surface area contributed by atoms with Crippen molar-refractivity contribution in [2.45, 2.75) is 57.3 Å². The van der Waals surface area contributed by atoms with E-state index in [9.17, 15) is 0 Å². The van der Waals surface area contributed by atoms with E-state index < -0.39 is 17.4 Å². The van der Waals surface area contributed by atoms with Crippen LogP contribution in [0.1, 0.15) is 27.7 Å². The van der Waals surface area contributed by atoms with Crippen molar-refractivity contribution in [2.24, 2.45) is 0 Å². The monoisotopic (exact) mass is 230 g/mol. The second-order valence-electron chi connectivity index (χ2n) is 5.51. The molecule has 3 rings (SSSR count). The topological polar surface area (TPSA) is 46.2 Å². The van der Waals surface area contributed by atoms with Gasteiger partial charge in [-0.3, -0.25) is 0 Å². The molecule has 3 heterocycles. The summed E-state index contributed by atoms with van der Waals surface area (Å²) in [4.78, 5) is 0. The molecule has 0 radical (unpaired) electrons. The van der Waals surface area contributed by atoms with Crippen LogP contribution in [0, 0.1) is 0 Å². The smallest absolute Gasteiger partial charge is 0.224 e. The van der Waals surface area contributed by atoms with Crippen molar-refractivity contribution in [1.82, 2.24) is 0 Å². The summed E-state index contributed by atoms with van der Waals surface area (Å²) in [6.07, 6.45) is -0.267. The summed E-state index contributed by atoms with van der Waals surface area (Å²) in [6, 6.07) is 0. The molecule has 3 aliphatic heterocycles. The molecular formula is C11H18O5. The van der Waals surface area contributed by atoms with Crippen LogP contribution in [-0.2, 0) is 23.7 Å². The van der Waals surface area contributed by atoms with E-state index in [4.69, 9.17) is 23.7 Å². The lowest BCUT2D eigenvalue weighted by Crippen LogP contribution is -2.46. The molecule has 0 aromatic heterocycles. The van der Waals surface area contributed by atoms with Crippen LogP contribution in [0.3, 0.4) is 0 Å². The minimum Gasteiger partial charge on any atom is -0.345 e. The molecule has 16 heavy (non-hydrogen) atoms. The van der Waals surface area contributed by atoms with Gasteiger partial charge in [0.25, 0.3) is 0 Å². The molecule has 0 aromatic carbocycles. The van der Waals surface area contributed by atoms with Gasteiger partial charge in [-0.25, -0.2) is 0 Å². The van der Waals surface area contributed by atoms with Gasteiger partial charge in [-0.05, 0) is 27.7 Å². The van der Waals surface area contributed by atoms with Crippen molar-refractivity contribution in [1.29, 1.82) is 0 Å². The first-order valence-electron chi connectivity index (χ1n) is 5.66. The second-order valence-corrected chi connectivity index (χ2v) is 5.51. The number of ether oxygens (including phenoxy) is 5. The quantitative estimate of drug-likeness (QED) is 0.621. The fourth-order valence-electron chi connectivity index (χ4n) is 2.60. The van der Waals surface area contributed by atoms with E-state index in [0.717, 1.165) is 0 Å². The summed E-state index contributed by atoms with van der Waals surface area (Å²) in [5, 5.41) is 0. The first-order chi connectivity index (χ1) is 7.32. The largest absolute Gasteiger partial charge is 0.345 e. The van der Waals surface area contributed by atoms with Crippen molar-refractivity contribution in [3.8, 4) is 0 Å². The third-order valence-electron chi connectivity index (χ3n) is 3.15. The molecule has 3 atom stereocenters. The third kappa shape index (κ3) is 1.50. The highest BCUT2D eigenvalue weighted by Gasteiger charge is 2.64. The number of hydrogen-bond donors (Lipinski definition) is 0. The Balaban J connectivity index is 1.84. The van der Waals surface area contributed by atoms with Gasteiger partial charge in [0.2, 0.25) is 5.79 Å². The molecule has 3 saturated heterocycles. The number of hydrogen-bond acceptors (Lipinski definition) is 5. The molecule has 92 valence electrons. The molecule has 0 amide bonds. The Bertz CT molecular complexity index is 311. The Hall–Kier alpha value is -0.200. The molecule has 5 heteroatoms. The van der Waals surface area contributed by atoms with E-state index in [0.29, 0.717) is 13.2 Å². The van der Waals surface area contributed by atoms with Crippen LogP contribution in [0.25, 0.3) is 0 Å². The summed E-state index contributed by atoms with van der Waals surface area (Å²) in [5.41, 5.74) is 0. The van der Waals surface area contributed by atoms with Gasteiger partial charge in [-0.2, -0.15) is 0 Å². The SMILES string of the molecule is CC1(C)O[C@H]2CO[C@@]3(COC(C)(C)O3)[C@H]2O1. The van der Waals surface area contributed by atoms with Crippen LogP contribution in [0.5, 0.6) is 0 Å². The highest BCUT2D eigenvalue weighted by atomic mass is 16.9. The summed E-state index contributed by atoms with van der Waals surface area (Å²) in [5.74, 6) is -1.98. The van der Waals surface area contributed by atoms with Crippen molar-refractivity contribution < 1.29 is 23.7 Å². The van der Waals surface area contributed by atoms with Crippen LogP contribution >= 0.6 is 0 Å². The van der Waals surface area contributed by atoms with Gasteiger partial charge in [0.15, 0.2) is 11.6 Å². The normalized spacial score (nSPS) is 48.8. The molecule has 0 N–H and O–H groups in total. The van der Waals surface area contributed by atoms with E-state index in [1.54, 1.807) is 0 Å². The Labute approximate surface area is 94.9 Å². The zero-order valence-corrected chi connectivity index (χ0v) is 10.1. The number of rotatable bonds is 0. The molecule has 3 fully saturated rings. The maximum atomic E-state index is 5.86. The van der Waals surface area contributed by atoms with Crippen molar-refractivity contribution in [3.05, 3.63) is 0 Å². The Morgan fingerprint density at radius 3 is 2.31 bits per heavy atom. The van der Waals surface area contributed by atoms with Gasteiger partial charge in [0, 0.05) is 0 Å². The van der Waals surface area contributed by atoms with Gasteiger partial charge in [0.05, 0.1) is 6.61 Å². The molecule has 0 aliphatic carbocycles. The lowest BCUT2D eigenvalue weighted by Gasteiger charge is -2.29. The molecule has 0 bridgehead atoms. The number of fused-ring (bicyclic) bond motifs is 2. The third-order valence-corrected chi connectivity index (χ3v) is 3.15. The van der Waals surface area contributed by atoms with Crippen LogP contribution in [-0.4, -0.2) is 42.8 Å². The van der Waals surface area contributed by atoms with Crippen LogP contribution < -0.4 is 0 Å². The fraction of sp³-hybridized carbons (Fsp3) is 1.00. The predicted molar refractivity (Wildman–Crippen MR) is 53.6 cm³/mol. The van der Waals surface area contributed by atoms with Gasteiger partial charge in [0.1, 0.15) is 18.8 Å². The fourth-order valence-corrected chi connectivity index (χ4v) is 2.60. The lowest BCUT2D eigenvalue weighted by atomic mass is 10.1. The van der Waals surface area contributed by atoms with Crippen molar-refractivity contribution in [2.75, 3.05) is 13.2 Å². The average molecular weight is 230 g/mol. The van der Waals surface area contributed by atoms with Crippen LogP contribution in [0.2, 0.25) is 0 Å². The highest BCUT2D eigenvalue weighted by Crippen LogP contribution is 2.46. The van der Waals surface area contributed by atoms with Gasteiger partial charge in [-0.1, -0.05) is 0 Å². The summed E-state index contributed by atoms with van der Waals surface area (Å²) >= 11 is 0. The van der Waals surface area contributed by atoms with E-state index >= 15 is 0 Å². The maximum Gasteiger partial charge on any atom is 0.224 e. The molecule has 5 nitrogen and oxygen atoms in total. The van der Waals surface area contributed by atoms with Gasteiger partial charge in [-0.15, -0.1) is 0 Å². The first kappa shape index (κ1) is 10.9. The average Bonchev–Trinajstić information content (AvgIpc) is 2.69. The Morgan fingerprint density at radius 2 is 1.69 bits per heavy atom. The molecule has 0 saturated carbocycles. The van der Waals surface area contributed by atoms with Gasteiger partial charge >= 0.3 is 0 Å². The van der Waals surface area contributed by atoms with E-state index in [2.05, 4.69) is 0 Å². The first-order valence-corrected chi connectivity index (χ1v) is 5.66. The van der Waals surface area contributed by atoms with Crippen LogP contribution in [0.15, 0.2) is 0 Å². The van der Waals surface area contributed by atoms with Crippen LogP contribution in [0.4, 0.5) is 0 Å². The minimum absolute atomic E-state index is 0.0625. The molecular weight excluding hydrogens is 212 g/mol. The lowest BCUT2D eigenvalue weighted by molar-refractivity contribution is -0.284. The van der Waals surface area contributed by atoms with Gasteiger partial charge < -0.3 is 23.7 Å². The van der Waals surface area contributed by atoms with E-state index in [-0.39, 0.29) is 12.2 Å². The summed E-state index contributed by atoms with van der Waals surface area (Å²) in [7, 11) is 0. The summed E-state index contributed by atoms with van der Waals surface area (Å²) in [6.45, 7) is 8.44. The molecule has 0 unspecified atom stereocenters. The molecule has 1 spiro atoms. The second kappa shape index (κ2) is 2.97. The standard InChI is InChI=1S/C11H18O5/c1-9(2)13-6-11(16-9)8-7(5-12-11)14-10(3,4)15-8/h7-8H,5-6H2,1-4H3/t7-,8-,11+/m0/s1. The molecule has 0 aromatic rings. The van der Waals surface area contributed by atoms with Crippen molar-refractivity contribution in [3.63, 3.8) is 0 Å². The van der Waals surface area contributed by atoms with E-state index in [1.165, 1.54) is 0 Å². The molecule has 3 aliphatic rings. The Kier molecular flexibility index (Phi) is 2.03. The zero-order valence-electron chi connectivity index (χ0n) is 10.1. The van der Waals surface area contributed by atoms with E-state index in [1.807, 2.05) is 27.7 Å². The Morgan fingerprint density at radius 1 is 0.938 bits per heavy atom. The predicted octanol–water partition coefficient (Wildman–Crippen LogP) is 1.02. The minimum atomic E-state index is -0.790. The maximum absolute atomic E-state index is 5.86.